The van der Waals surface area contributed by atoms with Gasteiger partial charge in [-0.25, -0.2) is 10.1 Å². The molecular weight excluding hydrogens is 278 g/mol. The number of nitrogens with one attached hydrogen (secondary N) is 1. The summed E-state index contributed by atoms with van der Waals surface area (Å²) in [5, 5.41) is 12.1. The second-order valence-electron chi connectivity index (χ2n) is 4.83. The summed E-state index contributed by atoms with van der Waals surface area (Å²) in [6.07, 6.45) is 0. The minimum Gasteiger partial charge on any atom is -0.271 e. The first kappa shape index (κ1) is 13.9. The zero-order valence-electron chi connectivity index (χ0n) is 12.1. The average molecular weight is 293 g/mol. The Bertz CT molecular complexity index is 823. The smallest absolute Gasteiger partial charge is 0.261 e. The third-order valence-corrected chi connectivity index (χ3v) is 3.25. The molecule has 0 saturated heterocycles. The van der Waals surface area contributed by atoms with Crippen molar-refractivity contribution in [3.8, 4) is 0 Å². The van der Waals surface area contributed by atoms with Gasteiger partial charge in [0.25, 0.3) is 5.91 Å². The number of aromatic nitrogens is 3. The molecule has 1 heterocycles. The van der Waals surface area contributed by atoms with E-state index in [0.29, 0.717) is 0 Å². The van der Waals surface area contributed by atoms with Crippen molar-refractivity contribution >= 4 is 22.7 Å². The lowest BCUT2D eigenvalue weighted by Crippen LogP contribution is -2.24. The Morgan fingerprint density at radius 2 is 1.86 bits per heavy atom. The maximum atomic E-state index is 12.0. The predicted molar refractivity (Wildman–Crippen MR) is 84.3 cm³/mol. The van der Waals surface area contributed by atoms with Crippen molar-refractivity contribution in [2.45, 2.75) is 13.5 Å². The fourth-order valence-electron chi connectivity index (χ4n) is 2.10. The van der Waals surface area contributed by atoms with Crippen LogP contribution in [0.1, 0.15) is 12.5 Å². The summed E-state index contributed by atoms with van der Waals surface area (Å²) in [7, 11) is 0. The quantitative estimate of drug-likeness (QED) is 0.590. The minimum absolute atomic E-state index is 0.0755. The molecule has 0 aliphatic rings. The number of hydrazone groups is 1. The van der Waals surface area contributed by atoms with Crippen LogP contribution in [-0.4, -0.2) is 26.6 Å². The molecule has 1 amide bonds. The Hall–Kier alpha value is -3.02. The van der Waals surface area contributed by atoms with E-state index in [2.05, 4.69) is 20.8 Å². The predicted octanol–water partition coefficient (Wildman–Crippen LogP) is 1.97. The van der Waals surface area contributed by atoms with Crippen LogP contribution in [0.5, 0.6) is 0 Å². The Kier molecular flexibility index (Phi) is 3.91. The first-order chi connectivity index (χ1) is 10.7. The van der Waals surface area contributed by atoms with Crippen LogP contribution in [0.2, 0.25) is 0 Å². The lowest BCUT2D eigenvalue weighted by molar-refractivity contribution is -0.121. The maximum absolute atomic E-state index is 12.0. The van der Waals surface area contributed by atoms with Gasteiger partial charge in [-0.15, -0.1) is 5.10 Å². The molecule has 0 saturated carbocycles. The van der Waals surface area contributed by atoms with Crippen LogP contribution >= 0.6 is 0 Å². The minimum atomic E-state index is -0.245. The van der Waals surface area contributed by atoms with Crippen LogP contribution in [0, 0.1) is 0 Å². The highest BCUT2D eigenvalue weighted by Gasteiger charge is 2.08. The number of carbonyl (C=O) groups excluding carboxylic acids is 1. The molecule has 0 unspecified atom stereocenters. The number of hydrogen-bond acceptors (Lipinski definition) is 4. The zero-order valence-corrected chi connectivity index (χ0v) is 12.1. The molecule has 0 radical (unpaired) electrons. The lowest BCUT2D eigenvalue weighted by Gasteiger charge is -2.03. The number of fused-ring (bicyclic) bond motifs is 1. The molecule has 3 aromatic rings. The van der Waals surface area contributed by atoms with Gasteiger partial charge in [-0.3, -0.25) is 4.79 Å². The number of amides is 1. The molecule has 0 fully saturated rings. The summed E-state index contributed by atoms with van der Waals surface area (Å²) in [5.74, 6) is -0.245. The summed E-state index contributed by atoms with van der Waals surface area (Å²) in [6.45, 7) is 1.92. The Morgan fingerprint density at radius 1 is 1.14 bits per heavy atom. The second kappa shape index (κ2) is 6.17. The van der Waals surface area contributed by atoms with Crippen molar-refractivity contribution < 1.29 is 4.79 Å². The van der Waals surface area contributed by atoms with Crippen molar-refractivity contribution in [1.82, 2.24) is 20.4 Å². The van der Waals surface area contributed by atoms with Crippen molar-refractivity contribution in [2.24, 2.45) is 5.10 Å². The molecule has 2 aromatic carbocycles. The van der Waals surface area contributed by atoms with Crippen LogP contribution in [0.4, 0.5) is 0 Å². The summed E-state index contributed by atoms with van der Waals surface area (Å²) in [5.41, 5.74) is 5.84. The molecule has 3 rings (SSSR count). The van der Waals surface area contributed by atoms with Gasteiger partial charge < -0.3 is 0 Å². The second-order valence-corrected chi connectivity index (χ2v) is 4.83. The Balaban J connectivity index is 1.68. The highest BCUT2D eigenvalue weighted by atomic mass is 16.2. The Morgan fingerprint density at radius 3 is 2.68 bits per heavy atom. The summed E-state index contributed by atoms with van der Waals surface area (Å²) in [6, 6.07) is 17.2. The standard InChI is InChI=1S/C16H15N5O/c1-12(13-7-3-2-4-8-13)17-19-16(22)11-21-15-10-6-5-9-14(15)18-20-21/h2-10H,11H2,1H3,(H,19,22)/b17-12-. The summed E-state index contributed by atoms with van der Waals surface area (Å²) < 4.78 is 1.55. The molecule has 0 aliphatic carbocycles. The molecule has 22 heavy (non-hydrogen) atoms. The number of benzene rings is 2. The van der Waals surface area contributed by atoms with Crippen LogP contribution < -0.4 is 5.43 Å². The van der Waals surface area contributed by atoms with Crippen molar-refractivity contribution in [3.63, 3.8) is 0 Å². The Labute approximate surface area is 127 Å². The molecule has 6 nitrogen and oxygen atoms in total. The third-order valence-electron chi connectivity index (χ3n) is 3.25. The van der Waals surface area contributed by atoms with Gasteiger partial charge in [0.1, 0.15) is 12.1 Å². The molecule has 0 aliphatic heterocycles. The van der Waals surface area contributed by atoms with E-state index in [0.717, 1.165) is 22.3 Å². The van der Waals surface area contributed by atoms with E-state index >= 15 is 0 Å². The molecule has 0 spiro atoms. The normalized spacial score (nSPS) is 11.6. The molecule has 0 bridgehead atoms. The van der Waals surface area contributed by atoms with Crippen molar-refractivity contribution in [1.29, 1.82) is 0 Å². The van der Waals surface area contributed by atoms with Crippen molar-refractivity contribution in [2.75, 3.05) is 0 Å². The average Bonchev–Trinajstić information content (AvgIpc) is 2.97. The molecule has 0 atom stereocenters. The van der Waals surface area contributed by atoms with Crippen LogP contribution in [0.25, 0.3) is 11.0 Å². The maximum Gasteiger partial charge on any atom is 0.261 e. The first-order valence-electron chi connectivity index (χ1n) is 6.91. The van der Waals surface area contributed by atoms with E-state index in [-0.39, 0.29) is 12.5 Å². The topological polar surface area (TPSA) is 72.2 Å². The van der Waals surface area contributed by atoms with Crippen molar-refractivity contribution in [3.05, 3.63) is 60.2 Å². The van der Waals surface area contributed by atoms with E-state index in [1.807, 2.05) is 61.5 Å². The van der Waals surface area contributed by atoms with E-state index < -0.39 is 0 Å². The number of hydrogen-bond donors (Lipinski definition) is 1. The lowest BCUT2D eigenvalue weighted by atomic mass is 10.1. The van der Waals surface area contributed by atoms with Gasteiger partial charge in [0.05, 0.1) is 11.2 Å². The highest BCUT2D eigenvalue weighted by molar-refractivity contribution is 5.99. The summed E-state index contributed by atoms with van der Waals surface area (Å²) >= 11 is 0. The number of nitrogens with zero attached hydrogens (tertiary/aromatic N) is 4. The van der Waals surface area contributed by atoms with Crippen LogP contribution in [0.15, 0.2) is 59.7 Å². The van der Waals surface area contributed by atoms with Gasteiger partial charge in [0.2, 0.25) is 0 Å². The molecule has 1 N–H and O–H groups in total. The van der Waals surface area contributed by atoms with E-state index in [1.54, 1.807) is 4.68 Å². The fraction of sp³-hybridized carbons (Fsp3) is 0.125. The number of carbonyl (C=O) groups is 1. The number of rotatable bonds is 4. The molecular formula is C16H15N5O. The van der Waals surface area contributed by atoms with Gasteiger partial charge in [0.15, 0.2) is 0 Å². The largest absolute Gasteiger partial charge is 0.271 e. The highest BCUT2D eigenvalue weighted by Crippen LogP contribution is 2.09. The number of para-hydroxylation sites is 1. The fourth-order valence-corrected chi connectivity index (χ4v) is 2.10. The summed E-state index contributed by atoms with van der Waals surface area (Å²) in [4.78, 5) is 12.0. The molecule has 1 aromatic heterocycles. The first-order valence-corrected chi connectivity index (χ1v) is 6.91. The van der Waals surface area contributed by atoms with Gasteiger partial charge in [-0.1, -0.05) is 47.7 Å². The van der Waals surface area contributed by atoms with Gasteiger partial charge in [-0.2, -0.15) is 5.10 Å². The van der Waals surface area contributed by atoms with E-state index in [4.69, 9.17) is 0 Å². The van der Waals surface area contributed by atoms with Crippen LogP contribution in [0.3, 0.4) is 0 Å². The zero-order chi connectivity index (χ0) is 15.4. The van der Waals surface area contributed by atoms with E-state index in [9.17, 15) is 4.79 Å². The SMILES string of the molecule is C/C(=N/NC(=O)Cn1nnc2ccccc21)c1ccccc1. The molecule has 6 heteroatoms. The van der Waals surface area contributed by atoms with Gasteiger partial charge in [0, 0.05) is 0 Å². The van der Waals surface area contributed by atoms with Gasteiger partial charge in [-0.05, 0) is 24.6 Å². The molecule has 110 valence electrons. The van der Waals surface area contributed by atoms with Crippen LogP contribution in [-0.2, 0) is 11.3 Å². The third kappa shape index (κ3) is 3.01. The monoisotopic (exact) mass is 293 g/mol. The van der Waals surface area contributed by atoms with E-state index in [1.165, 1.54) is 0 Å². The van der Waals surface area contributed by atoms with Gasteiger partial charge >= 0.3 is 0 Å².